The molecule has 0 spiro atoms. The van der Waals surface area contributed by atoms with Crippen molar-refractivity contribution in [1.29, 1.82) is 0 Å². The number of carboxylic acid groups (broad SMARTS) is 2. The maximum absolute atomic E-state index is 12.3. The van der Waals surface area contributed by atoms with Gasteiger partial charge in [-0.25, -0.2) is 14.4 Å². The molecule has 3 unspecified atom stereocenters. The van der Waals surface area contributed by atoms with Crippen LogP contribution in [0.4, 0.5) is 0 Å². The second-order valence-electron chi connectivity index (χ2n) is 7.87. The van der Waals surface area contributed by atoms with Crippen LogP contribution < -0.4 is 0 Å². The molecule has 0 aromatic carbocycles. The van der Waals surface area contributed by atoms with E-state index in [0.717, 1.165) is 0 Å². The monoisotopic (exact) mass is 466 g/mol. The lowest BCUT2D eigenvalue weighted by Gasteiger charge is -2.26. The molecule has 0 heterocycles. The van der Waals surface area contributed by atoms with Crippen LogP contribution in [0.25, 0.3) is 0 Å². The van der Waals surface area contributed by atoms with Crippen molar-refractivity contribution in [1.82, 2.24) is 0 Å². The van der Waals surface area contributed by atoms with Crippen LogP contribution in [-0.4, -0.2) is 109 Å². The number of hydrogen-bond donors (Lipinski definition) is 3. The molecule has 32 heavy (non-hydrogen) atoms. The van der Waals surface area contributed by atoms with Crippen LogP contribution in [0.15, 0.2) is 0 Å². The third-order valence-corrected chi connectivity index (χ3v) is 3.94. The van der Waals surface area contributed by atoms with Crippen LogP contribution in [0.2, 0.25) is 0 Å². The average Bonchev–Trinajstić information content (AvgIpc) is 2.63. The summed E-state index contributed by atoms with van der Waals surface area (Å²) in [5.41, 5.74) is -2.85. The first-order valence-electron chi connectivity index (χ1n) is 9.81. The van der Waals surface area contributed by atoms with E-state index < -0.39 is 60.7 Å². The number of esters is 3. The fourth-order valence-electron chi connectivity index (χ4n) is 2.15. The molecule has 3 atom stereocenters. The fourth-order valence-corrected chi connectivity index (χ4v) is 2.15. The van der Waals surface area contributed by atoms with Gasteiger partial charge in [0.1, 0.15) is 13.2 Å². The lowest BCUT2D eigenvalue weighted by Crippen LogP contribution is -2.45. The summed E-state index contributed by atoms with van der Waals surface area (Å²) in [5.74, 6) is -7.09. The maximum atomic E-state index is 12.3. The van der Waals surface area contributed by atoms with E-state index in [0.29, 0.717) is 11.0 Å². The first-order chi connectivity index (χ1) is 14.6. The van der Waals surface area contributed by atoms with Crippen molar-refractivity contribution in [2.24, 2.45) is 0 Å². The first kappa shape index (κ1) is 29.2. The first-order valence-corrected chi connectivity index (χ1v) is 9.81. The molecule has 0 bridgehead atoms. The topological polar surface area (TPSA) is 183 Å². The Balaban J connectivity index is 5.41. The van der Waals surface area contributed by atoms with Gasteiger partial charge in [-0.1, -0.05) is 6.92 Å². The number of carbonyl (C=O) groups is 5. The Morgan fingerprint density at radius 1 is 0.938 bits per heavy atom. The molecular formula is C19H32NO12+. The number of hydrogen-bond acceptors (Lipinski definition) is 10. The molecule has 0 aromatic heterocycles. The molecule has 0 aromatic rings. The van der Waals surface area contributed by atoms with Gasteiger partial charge in [-0.2, -0.15) is 0 Å². The Kier molecular flexibility index (Phi) is 11.8. The lowest BCUT2D eigenvalue weighted by molar-refractivity contribution is -0.870. The number of rotatable bonds is 15. The zero-order chi connectivity index (χ0) is 25.1. The van der Waals surface area contributed by atoms with Crippen molar-refractivity contribution in [2.75, 3.05) is 40.9 Å². The second kappa shape index (κ2) is 12.9. The Morgan fingerprint density at radius 3 is 1.94 bits per heavy atom. The highest BCUT2D eigenvalue weighted by molar-refractivity contribution is 5.89. The quantitative estimate of drug-likeness (QED) is 0.118. The van der Waals surface area contributed by atoms with Crippen LogP contribution >= 0.6 is 0 Å². The van der Waals surface area contributed by atoms with Gasteiger partial charge in [0, 0.05) is 0 Å². The second-order valence-corrected chi connectivity index (χ2v) is 7.87. The molecule has 0 aliphatic heterocycles. The molecule has 184 valence electrons. The number of quaternary nitrogens is 1. The summed E-state index contributed by atoms with van der Waals surface area (Å²) in [7, 11) is 5.47. The Labute approximate surface area is 185 Å². The largest absolute Gasteiger partial charge is 0.479 e. The van der Waals surface area contributed by atoms with Gasteiger partial charge >= 0.3 is 36.1 Å². The van der Waals surface area contributed by atoms with Crippen molar-refractivity contribution >= 4 is 29.8 Å². The number of likely N-dealkylation sites (N-methyl/N-ethyl adjacent to an activating group) is 1. The lowest BCUT2D eigenvalue weighted by atomic mass is 9.96. The number of ether oxygens (including phenoxy) is 4. The molecule has 13 heteroatoms. The van der Waals surface area contributed by atoms with E-state index in [1.807, 2.05) is 21.1 Å². The predicted molar refractivity (Wildman–Crippen MR) is 105 cm³/mol. The molecule has 0 amide bonds. The standard InChI is InChI=1S/C19H31NO12/c1-6-12(15(23)24)31-16(25)17(30-9-8-20(3,4)5)32-14(22)11-19(28,18(26)27)10-13(21)29-7-2/h12,17,28H,6-11H2,1-5H3,(H-,23,24,26,27)/p+1. The third kappa shape index (κ3) is 11.0. The molecule has 13 nitrogen and oxygen atoms in total. The van der Waals surface area contributed by atoms with Gasteiger partial charge in [-0.3, -0.25) is 9.59 Å². The molecule has 0 aliphatic rings. The van der Waals surface area contributed by atoms with E-state index in [4.69, 9.17) is 19.3 Å². The van der Waals surface area contributed by atoms with Crippen molar-refractivity contribution < 1.29 is 62.7 Å². The zero-order valence-electron chi connectivity index (χ0n) is 18.9. The zero-order valence-corrected chi connectivity index (χ0v) is 18.9. The van der Waals surface area contributed by atoms with Crippen LogP contribution in [0.3, 0.4) is 0 Å². The van der Waals surface area contributed by atoms with Crippen molar-refractivity contribution in [3.05, 3.63) is 0 Å². The molecule has 0 rings (SSSR count). The van der Waals surface area contributed by atoms with Gasteiger partial charge < -0.3 is 38.8 Å². The Bertz CT molecular complexity index is 686. The van der Waals surface area contributed by atoms with Gasteiger partial charge in [0.05, 0.1) is 40.6 Å². The number of nitrogens with zero attached hydrogens (tertiary/aromatic N) is 1. The summed E-state index contributed by atoms with van der Waals surface area (Å²) in [6, 6.07) is 0. The summed E-state index contributed by atoms with van der Waals surface area (Å²) < 4.78 is 19.8. The van der Waals surface area contributed by atoms with Gasteiger partial charge in [0.25, 0.3) is 0 Å². The van der Waals surface area contributed by atoms with E-state index in [1.165, 1.54) is 13.8 Å². The fraction of sp³-hybridized carbons (Fsp3) is 0.737. The SMILES string of the molecule is CCOC(=O)CC(O)(CC(=O)OC(OCC[N+](C)(C)C)C(=O)OC(CC)C(=O)O)C(=O)O. The molecule has 0 aliphatic carbocycles. The summed E-state index contributed by atoms with van der Waals surface area (Å²) >= 11 is 0. The van der Waals surface area contributed by atoms with Crippen LogP contribution in [0.5, 0.6) is 0 Å². The summed E-state index contributed by atoms with van der Waals surface area (Å²) in [4.78, 5) is 58.7. The highest BCUT2D eigenvalue weighted by Crippen LogP contribution is 2.19. The average molecular weight is 466 g/mol. The van der Waals surface area contributed by atoms with Crippen molar-refractivity contribution in [3.8, 4) is 0 Å². The molecule has 0 saturated carbocycles. The van der Waals surface area contributed by atoms with E-state index in [-0.39, 0.29) is 19.6 Å². The highest BCUT2D eigenvalue weighted by atomic mass is 16.7. The van der Waals surface area contributed by atoms with Gasteiger partial charge in [-0.15, -0.1) is 0 Å². The number of aliphatic hydroxyl groups is 1. The maximum Gasteiger partial charge on any atom is 0.377 e. The summed E-state index contributed by atoms with van der Waals surface area (Å²) in [5, 5.41) is 28.5. The number of aliphatic carboxylic acids is 2. The van der Waals surface area contributed by atoms with E-state index in [2.05, 4.69) is 4.74 Å². The number of carboxylic acids is 2. The summed E-state index contributed by atoms with van der Waals surface area (Å²) in [6.07, 6.45) is -5.85. The molecular weight excluding hydrogens is 434 g/mol. The Morgan fingerprint density at radius 2 is 1.50 bits per heavy atom. The number of carbonyl (C=O) groups excluding carboxylic acids is 3. The van der Waals surface area contributed by atoms with Gasteiger partial charge in [0.15, 0.2) is 11.7 Å². The van der Waals surface area contributed by atoms with Crippen LogP contribution in [0.1, 0.15) is 33.1 Å². The minimum absolute atomic E-state index is 0.0705. The molecule has 0 fully saturated rings. The highest BCUT2D eigenvalue weighted by Gasteiger charge is 2.43. The van der Waals surface area contributed by atoms with Crippen LogP contribution in [-0.2, 0) is 42.9 Å². The van der Waals surface area contributed by atoms with Gasteiger partial charge in [-0.05, 0) is 13.3 Å². The van der Waals surface area contributed by atoms with Crippen molar-refractivity contribution in [2.45, 2.75) is 51.1 Å². The normalized spacial score (nSPS) is 15.1. The van der Waals surface area contributed by atoms with Crippen molar-refractivity contribution in [3.63, 3.8) is 0 Å². The smallest absolute Gasteiger partial charge is 0.377 e. The summed E-state index contributed by atoms with van der Waals surface area (Å²) in [6.45, 7) is 3.10. The van der Waals surface area contributed by atoms with Gasteiger partial charge in [0.2, 0.25) is 0 Å². The minimum atomic E-state index is -2.85. The molecule has 0 saturated heterocycles. The minimum Gasteiger partial charge on any atom is -0.479 e. The molecule has 0 radical (unpaired) electrons. The Hall–Kier alpha value is -2.77. The van der Waals surface area contributed by atoms with E-state index >= 15 is 0 Å². The third-order valence-electron chi connectivity index (χ3n) is 3.94. The van der Waals surface area contributed by atoms with Crippen LogP contribution in [0, 0.1) is 0 Å². The predicted octanol–water partition coefficient (Wildman–Crippen LogP) is -0.856. The molecule has 3 N–H and O–H groups in total. The van der Waals surface area contributed by atoms with E-state index in [9.17, 15) is 34.2 Å². The van der Waals surface area contributed by atoms with E-state index in [1.54, 1.807) is 0 Å².